The van der Waals surface area contributed by atoms with Gasteiger partial charge in [0.1, 0.15) is 0 Å². The summed E-state index contributed by atoms with van der Waals surface area (Å²) in [6.45, 7) is 3.34. The predicted molar refractivity (Wildman–Crippen MR) is 44.9 cm³/mol. The number of nitrogens with zero attached hydrogens (tertiary/aromatic N) is 1. The van der Waals surface area contributed by atoms with Gasteiger partial charge in [0.25, 0.3) is 0 Å². The van der Waals surface area contributed by atoms with Gasteiger partial charge >= 0.3 is 5.97 Å². The molecule has 0 unspecified atom stereocenters. The molecule has 2 N–H and O–H groups in total. The molecule has 0 fully saturated rings. The van der Waals surface area contributed by atoms with E-state index in [0.29, 0.717) is 5.90 Å². The molecule has 0 aliphatic heterocycles. The fourth-order valence-electron chi connectivity index (χ4n) is 0.537. The van der Waals surface area contributed by atoms with Crippen LogP contribution >= 0.6 is 0 Å². The average Bonchev–Trinajstić information content (AvgIpc) is 2.03. The van der Waals surface area contributed by atoms with E-state index in [9.17, 15) is 4.79 Å². The van der Waals surface area contributed by atoms with Gasteiger partial charge in [-0.3, -0.25) is 4.99 Å². The van der Waals surface area contributed by atoms with Crippen LogP contribution < -0.4 is 5.48 Å². The molecule has 0 heterocycles. The summed E-state index contributed by atoms with van der Waals surface area (Å²) in [5, 5.41) is 8.46. The van der Waals surface area contributed by atoms with E-state index in [0.717, 1.165) is 0 Å². The van der Waals surface area contributed by atoms with Crippen LogP contribution in [0.2, 0.25) is 0 Å². The van der Waals surface area contributed by atoms with Crippen molar-refractivity contribution in [3.8, 4) is 0 Å². The van der Waals surface area contributed by atoms with Crippen LogP contribution in [0.3, 0.4) is 0 Å². The lowest BCUT2D eigenvalue weighted by Gasteiger charge is -2.04. The van der Waals surface area contributed by atoms with Crippen LogP contribution in [0.5, 0.6) is 0 Å². The van der Waals surface area contributed by atoms with Crippen LogP contribution in [0.4, 0.5) is 0 Å². The van der Waals surface area contributed by atoms with E-state index in [2.05, 4.69) is 17.1 Å². The van der Waals surface area contributed by atoms with Gasteiger partial charge in [0.05, 0.1) is 6.42 Å². The van der Waals surface area contributed by atoms with E-state index in [-0.39, 0.29) is 12.0 Å². The second-order valence-electron chi connectivity index (χ2n) is 2.01. The van der Waals surface area contributed by atoms with Gasteiger partial charge in [0.15, 0.2) is 0 Å². The minimum Gasteiger partial charge on any atom is -0.478 e. The van der Waals surface area contributed by atoms with Gasteiger partial charge in [-0.25, -0.2) is 4.79 Å². The molecule has 0 saturated heterocycles. The number of hydrogen-bond acceptors (Lipinski definition) is 4. The monoisotopic (exact) mass is 172 g/mol. The summed E-state index contributed by atoms with van der Waals surface area (Å²) in [6.07, 6.45) is 0.104. The quantitative estimate of drug-likeness (QED) is 0.275. The molecule has 0 atom stereocenters. The maximum absolute atomic E-state index is 10.3. The van der Waals surface area contributed by atoms with Gasteiger partial charge < -0.3 is 9.94 Å². The Labute approximate surface area is 70.7 Å². The van der Waals surface area contributed by atoms with E-state index in [4.69, 9.17) is 9.94 Å². The fraction of sp³-hybridized carbons (Fsp3) is 0.429. The Balaban J connectivity index is 4.04. The first-order valence-corrected chi connectivity index (χ1v) is 3.32. The van der Waals surface area contributed by atoms with E-state index in [1.807, 2.05) is 0 Å². The molecule has 0 spiro atoms. The first-order chi connectivity index (χ1) is 5.61. The molecule has 5 nitrogen and oxygen atoms in total. The van der Waals surface area contributed by atoms with Crippen molar-refractivity contribution in [1.29, 1.82) is 0 Å². The number of hydrogen-bond donors (Lipinski definition) is 2. The average molecular weight is 172 g/mol. The lowest BCUT2D eigenvalue weighted by atomic mass is 10.2. The molecule has 0 amide bonds. The third-order valence-corrected chi connectivity index (χ3v) is 1.14. The van der Waals surface area contributed by atoms with Crippen molar-refractivity contribution in [1.82, 2.24) is 5.48 Å². The molecular weight excluding hydrogens is 160 g/mol. The van der Waals surface area contributed by atoms with E-state index in [1.165, 1.54) is 7.05 Å². The van der Waals surface area contributed by atoms with Crippen molar-refractivity contribution in [3.05, 3.63) is 12.2 Å². The van der Waals surface area contributed by atoms with Gasteiger partial charge in [-0.15, -0.1) is 0 Å². The third-order valence-electron chi connectivity index (χ3n) is 1.14. The number of carboxylic acids is 1. The highest BCUT2D eigenvalue weighted by molar-refractivity contribution is 5.93. The maximum atomic E-state index is 10.3. The van der Waals surface area contributed by atoms with Gasteiger partial charge in [-0.05, 0) is 0 Å². The summed E-state index contributed by atoms with van der Waals surface area (Å²) in [5.74, 6) is -0.749. The fourth-order valence-corrected chi connectivity index (χ4v) is 0.537. The highest BCUT2D eigenvalue weighted by atomic mass is 16.6. The molecule has 0 radical (unpaired) electrons. The van der Waals surface area contributed by atoms with Crippen LogP contribution in [-0.2, 0) is 9.63 Å². The topological polar surface area (TPSA) is 70.9 Å². The van der Waals surface area contributed by atoms with Crippen LogP contribution in [-0.4, -0.2) is 31.1 Å². The van der Waals surface area contributed by atoms with Crippen molar-refractivity contribution >= 4 is 11.9 Å². The summed E-state index contributed by atoms with van der Waals surface area (Å²) in [4.78, 5) is 18.8. The van der Waals surface area contributed by atoms with Crippen LogP contribution in [0.25, 0.3) is 0 Å². The molecule has 0 aliphatic rings. The third kappa shape index (κ3) is 3.72. The zero-order valence-corrected chi connectivity index (χ0v) is 7.13. The first-order valence-electron chi connectivity index (χ1n) is 3.32. The normalized spacial score (nSPS) is 11.0. The smallest absolute Gasteiger partial charge is 0.331 e. The number of rotatable bonds is 4. The summed E-state index contributed by atoms with van der Waals surface area (Å²) in [7, 11) is 3.08. The zero-order valence-electron chi connectivity index (χ0n) is 7.13. The largest absolute Gasteiger partial charge is 0.478 e. The SMILES string of the molecule is C=C(CC(=NC)ONC)C(=O)O. The second-order valence-corrected chi connectivity index (χ2v) is 2.01. The Hall–Kier alpha value is -1.36. The molecule has 0 aromatic heterocycles. The zero-order chi connectivity index (χ0) is 9.56. The summed E-state index contributed by atoms with van der Waals surface area (Å²) in [6, 6.07) is 0. The summed E-state index contributed by atoms with van der Waals surface area (Å²) >= 11 is 0. The van der Waals surface area contributed by atoms with Crippen molar-refractivity contribution in [2.24, 2.45) is 4.99 Å². The Kier molecular flexibility index (Phi) is 4.71. The van der Waals surface area contributed by atoms with E-state index >= 15 is 0 Å². The molecule has 0 aromatic rings. The van der Waals surface area contributed by atoms with Gasteiger partial charge in [0.2, 0.25) is 5.90 Å². The molecular formula is C7H12N2O3. The molecule has 68 valence electrons. The van der Waals surface area contributed by atoms with Gasteiger partial charge in [-0.2, -0.15) is 5.48 Å². The van der Waals surface area contributed by atoms with Crippen molar-refractivity contribution in [2.45, 2.75) is 6.42 Å². The standard InChI is InChI=1S/C7H12N2O3/c1-5(7(10)11)4-6(8-2)12-9-3/h9H,1,4H2,2-3H3,(H,10,11). The lowest BCUT2D eigenvalue weighted by molar-refractivity contribution is -0.132. The molecule has 0 aliphatic carbocycles. The number of nitrogens with one attached hydrogen (secondary N) is 1. The molecule has 0 saturated carbocycles. The highest BCUT2D eigenvalue weighted by Crippen LogP contribution is 2.00. The van der Waals surface area contributed by atoms with E-state index in [1.54, 1.807) is 7.05 Å². The minimum atomic E-state index is -1.05. The Bertz CT molecular complexity index is 211. The molecule has 0 rings (SSSR count). The number of aliphatic carboxylic acids is 1. The van der Waals surface area contributed by atoms with Crippen molar-refractivity contribution in [3.63, 3.8) is 0 Å². The summed E-state index contributed by atoms with van der Waals surface area (Å²) in [5.41, 5.74) is 2.45. The number of carbonyl (C=O) groups is 1. The van der Waals surface area contributed by atoms with E-state index < -0.39 is 5.97 Å². The Morgan fingerprint density at radius 2 is 2.33 bits per heavy atom. The molecule has 0 aromatic carbocycles. The van der Waals surface area contributed by atoms with Crippen LogP contribution in [0, 0.1) is 0 Å². The second kappa shape index (κ2) is 5.31. The molecule has 0 bridgehead atoms. The number of carboxylic acid groups (broad SMARTS) is 1. The highest BCUT2D eigenvalue weighted by Gasteiger charge is 2.08. The number of aliphatic imine (C=N–C) groups is 1. The number of hydroxylamine groups is 1. The Morgan fingerprint density at radius 3 is 2.67 bits per heavy atom. The van der Waals surface area contributed by atoms with Crippen molar-refractivity contribution in [2.75, 3.05) is 14.1 Å². The predicted octanol–water partition coefficient (Wildman–Crippen LogP) is 0.197. The first kappa shape index (κ1) is 10.6. The van der Waals surface area contributed by atoms with Crippen LogP contribution in [0.15, 0.2) is 17.1 Å². The summed E-state index contributed by atoms with van der Waals surface area (Å²) < 4.78 is 0. The van der Waals surface area contributed by atoms with Gasteiger partial charge in [-0.1, -0.05) is 6.58 Å². The molecule has 5 heteroatoms. The van der Waals surface area contributed by atoms with Crippen LogP contribution in [0.1, 0.15) is 6.42 Å². The minimum absolute atomic E-state index is 0.0471. The lowest BCUT2D eigenvalue weighted by Crippen LogP contribution is -2.17. The Morgan fingerprint density at radius 1 is 1.75 bits per heavy atom. The van der Waals surface area contributed by atoms with Crippen molar-refractivity contribution < 1.29 is 14.7 Å². The molecule has 12 heavy (non-hydrogen) atoms. The maximum Gasteiger partial charge on any atom is 0.331 e. The van der Waals surface area contributed by atoms with Gasteiger partial charge in [0, 0.05) is 19.7 Å².